The molecule has 2 heterocycles. The molecule has 1 aromatic heterocycles. The number of rotatable bonds is 3. The van der Waals surface area contributed by atoms with Gasteiger partial charge in [0.1, 0.15) is 5.82 Å². The van der Waals surface area contributed by atoms with E-state index in [9.17, 15) is 28.0 Å². The van der Waals surface area contributed by atoms with Crippen molar-refractivity contribution in [3.63, 3.8) is 0 Å². The van der Waals surface area contributed by atoms with E-state index in [0.29, 0.717) is 5.82 Å². The molecule has 0 bridgehead atoms. The fourth-order valence-electron chi connectivity index (χ4n) is 5.08. The summed E-state index contributed by atoms with van der Waals surface area (Å²) >= 11 is 0. The monoisotopic (exact) mass is 442 g/mol. The first-order chi connectivity index (χ1) is 15.2. The van der Waals surface area contributed by atoms with E-state index < -0.39 is 23.4 Å². The maximum Gasteiger partial charge on any atom is 0.471 e. The minimum Gasteiger partial charge on any atom is -0.335 e. The van der Waals surface area contributed by atoms with Gasteiger partial charge in [-0.15, -0.1) is 0 Å². The zero-order valence-electron chi connectivity index (χ0n) is 17.2. The summed E-state index contributed by atoms with van der Waals surface area (Å²) < 4.78 is 37.7. The third-order valence-electron chi connectivity index (χ3n) is 7.29. The number of fused-ring (bicyclic) bond motifs is 1. The number of amides is 2. The molecule has 2 aromatic rings. The molecule has 0 radical (unpaired) electrons. The van der Waals surface area contributed by atoms with E-state index in [4.69, 9.17) is 0 Å². The van der Waals surface area contributed by atoms with E-state index >= 15 is 0 Å². The summed E-state index contributed by atoms with van der Waals surface area (Å²) in [5.74, 6) is -2.31. The number of nitrogens with zero attached hydrogens (tertiary/aromatic N) is 3. The van der Waals surface area contributed by atoms with Gasteiger partial charge in [0.25, 0.3) is 0 Å². The summed E-state index contributed by atoms with van der Waals surface area (Å²) in [4.78, 5) is 29.0. The zero-order valence-corrected chi connectivity index (χ0v) is 17.2. The predicted octanol–water partition coefficient (Wildman–Crippen LogP) is 3.92. The second-order valence-corrected chi connectivity index (χ2v) is 9.16. The molecule has 1 aromatic carbocycles. The number of halogens is 3. The number of nitriles is 1. The molecular formula is C23H21F3N4O2. The van der Waals surface area contributed by atoms with Crippen molar-refractivity contribution in [2.45, 2.75) is 43.7 Å². The Morgan fingerprint density at radius 2 is 1.88 bits per heavy atom. The first-order valence-corrected chi connectivity index (χ1v) is 10.7. The number of aromatic nitrogens is 1. The molecule has 1 spiro atoms. The Balaban J connectivity index is 1.27. The zero-order chi connectivity index (χ0) is 22.7. The molecule has 32 heavy (non-hydrogen) atoms. The Morgan fingerprint density at radius 3 is 2.47 bits per heavy atom. The van der Waals surface area contributed by atoms with Crippen LogP contribution in [0.3, 0.4) is 0 Å². The van der Waals surface area contributed by atoms with Gasteiger partial charge in [0, 0.05) is 30.6 Å². The molecule has 1 unspecified atom stereocenters. The first-order valence-electron chi connectivity index (χ1n) is 10.7. The van der Waals surface area contributed by atoms with Gasteiger partial charge in [0.05, 0.1) is 11.5 Å². The molecule has 1 aliphatic heterocycles. The molecule has 5 rings (SSSR count). The molecule has 1 N–H and O–H groups in total. The molecular weight excluding hydrogens is 421 g/mol. The van der Waals surface area contributed by atoms with Crippen LogP contribution in [0.5, 0.6) is 0 Å². The largest absolute Gasteiger partial charge is 0.471 e. The Bertz CT molecular complexity index is 1160. The molecule has 1 saturated heterocycles. The fraction of sp³-hybridized carbons (Fsp3) is 0.478. The van der Waals surface area contributed by atoms with Gasteiger partial charge in [-0.3, -0.25) is 9.59 Å². The summed E-state index contributed by atoms with van der Waals surface area (Å²) in [7, 11) is 0. The van der Waals surface area contributed by atoms with Crippen LogP contribution in [0.15, 0.2) is 30.5 Å². The lowest BCUT2D eigenvalue weighted by atomic mass is 9.92. The van der Waals surface area contributed by atoms with Gasteiger partial charge in [0.15, 0.2) is 0 Å². The standard InChI is InChI=1S/C23H21F3N4O2/c24-23(25,26)20(32)30-7-3-14(4-8-30)19(31)29-18-10-16-9-17(2-1-15(16)11-28-18)22(13-27)12-21(22)5-6-21/h1-2,9-11,14H,3-8,12H2,(H,28,29,31). The first kappa shape index (κ1) is 20.7. The molecule has 9 heteroatoms. The van der Waals surface area contributed by atoms with Crippen LogP contribution in [0, 0.1) is 22.7 Å². The maximum atomic E-state index is 12.6. The van der Waals surface area contributed by atoms with Gasteiger partial charge in [-0.1, -0.05) is 12.1 Å². The van der Waals surface area contributed by atoms with Crippen LogP contribution in [0.25, 0.3) is 10.8 Å². The number of anilines is 1. The predicted molar refractivity (Wildman–Crippen MR) is 109 cm³/mol. The number of pyridine rings is 1. The van der Waals surface area contributed by atoms with Crippen molar-refractivity contribution in [3.05, 3.63) is 36.0 Å². The molecule has 2 amide bonds. The fourth-order valence-corrected chi connectivity index (χ4v) is 5.08. The maximum absolute atomic E-state index is 12.6. The van der Waals surface area contributed by atoms with Crippen LogP contribution in [0.4, 0.5) is 19.0 Å². The van der Waals surface area contributed by atoms with Gasteiger partial charge in [0.2, 0.25) is 5.91 Å². The lowest BCUT2D eigenvalue weighted by Gasteiger charge is -2.31. The smallest absolute Gasteiger partial charge is 0.335 e. The highest BCUT2D eigenvalue weighted by Crippen LogP contribution is 2.78. The number of benzene rings is 1. The molecule has 166 valence electrons. The number of carbonyl (C=O) groups excluding carboxylic acids is 2. The van der Waals surface area contributed by atoms with Crippen LogP contribution in [-0.4, -0.2) is 41.0 Å². The van der Waals surface area contributed by atoms with Crippen molar-refractivity contribution in [2.75, 3.05) is 18.4 Å². The van der Waals surface area contributed by atoms with E-state index in [2.05, 4.69) is 16.4 Å². The Hall–Kier alpha value is -3.15. The number of carbonyl (C=O) groups is 2. The Morgan fingerprint density at radius 1 is 1.16 bits per heavy atom. The molecule has 6 nitrogen and oxygen atoms in total. The number of nitrogens with one attached hydrogen (secondary N) is 1. The number of hydrogen-bond donors (Lipinski definition) is 1. The van der Waals surface area contributed by atoms with Gasteiger partial charge in [-0.05, 0) is 60.6 Å². The number of hydrogen-bond acceptors (Lipinski definition) is 4. The van der Waals surface area contributed by atoms with Crippen molar-refractivity contribution < 1.29 is 22.8 Å². The van der Waals surface area contributed by atoms with Crippen LogP contribution in [-0.2, 0) is 15.0 Å². The SMILES string of the molecule is N#CC1(c2ccc3cnc(NC(=O)C4CCN(C(=O)C(F)(F)F)CC4)cc3c2)CC12CC2. The molecule has 2 aliphatic carbocycles. The molecule has 3 aliphatic rings. The summed E-state index contributed by atoms with van der Waals surface area (Å²) in [6.45, 7) is -0.216. The lowest BCUT2D eigenvalue weighted by Crippen LogP contribution is -2.46. The normalized spacial score (nSPS) is 24.2. The number of likely N-dealkylation sites (tertiary alicyclic amines) is 1. The lowest BCUT2D eigenvalue weighted by molar-refractivity contribution is -0.186. The topological polar surface area (TPSA) is 86.1 Å². The van der Waals surface area contributed by atoms with Crippen LogP contribution in [0.1, 0.15) is 37.7 Å². The van der Waals surface area contributed by atoms with Crippen molar-refractivity contribution in [2.24, 2.45) is 11.3 Å². The highest BCUT2D eigenvalue weighted by Gasteiger charge is 2.75. The highest BCUT2D eigenvalue weighted by molar-refractivity contribution is 5.94. The third-order valence-corrected chi connectivity index (χ3v) is 7.29. The van der Waals surface area contributed by atoms with Gasteiger partial charge in [-0.25, -0.2) is 4.98 Å². The molecule has 2 saturated carbocycles. The Labute approximate surface area is 182 Å². The quantitative estimate of drug-likeness (QED) is 0.781. The second-order valence-electron chi connectivity index (χ2n) is 9.16. The Kier molecular flexibility index (Phi) is 4.49. The minimum absolute atomic E-state index is 0.108. The molecule has 1 atom stereocenters. The van der Waals surface area contributed by atoms with E-state index in [1.807, 2.05) is 18.2 Å². The van der Waals surface area contributed by atoms with E-state index in [1.165, 1.54) is 0 Å². The van der Waals surface area contributed by atoms with Gasteiger partial charge in [-0.2, -0.15) is 18.4 Å². The van der Waals surface area contributed by atoms with Crippen molar-refractivity contribution in [3.8, 4) is 6.07 Å². The highest BCUT2D eigenvalue weighted by atomic mass is 19.4. The average molecular weight is 442 g/mol. The molecule has 3 fully saturated rings. The summed E-state index contributed by atoms with van der Waals surface area (Å²) in [5.41, 5.74) is 0.743. The van der Waals surface area contributed by atoms with Crippen LogP contribution >= 0.6 is 0 Å². The van der Waals surface area contributed by atoms with Crippen LogP contribution < -0.4 is 5.32 Å². The minimum atomic E-state index is -4.90. The van der Waals surface area contributed by atoms with E-state index in [-0.39, 0.29) is 37.3 Å². The van der Waals surface area contributed by atoms with Crippen molar-refractivity contribution >= 4 is 28.4 Å². The van der Waals surface area contributed by atoms with Crippen LogP contribution in [0.2, 0.25) is 0 Å². The summed E-state index contributed by atoms with van der Waals surface area (Å²) in [6.07, 6.45) is 0.153. The number of piperidine rings is 1. The second kappa shape index (κ2) is 6.92. The van der Waals surface area contributed by atoms with E-state index in [0.717, 1.165) is 40.5 Å². The average Bonchev–Trinajstić information content (AvgIpc) is 3.70. The van der Waals surface area contributed by atoms with Crippen molar-refractivity contribution in [1.82, 2.24) is 9.88 Å². The van der Waals surface area contributed by atoms with Gasteiger partial charge < -0.3 is 10.2 Å². The van der Waals surface area contributed by atoms with E-state index in [1.54, 1.807) is 12.3 Å². The summed E-state index contributed by atoms with van der Waals surface area (Å²) in [5, 5.41) is 14.3. The number of alkyl halides is 3. The van der Waals surface area contributed by atoms with Crippen molar-refractivity contribution in [1.29, 1.82) is 5.26 Å². The summed E-state index contributed by atoms with van der Waals surface area (Å²) in [6, 6.07) is 10.2. The van der Waals surface area contributed by atoms with Gasteiger partial charge >= 0.3 is 12.1 Å². The third kappa shape index (κ3) is 3.29.